The molecule has 0 atom stereocenters. The van der Waals surface area contributed by atoms with E-state index in [0.29, 0.717) is 13.0 Å². The van der Waals surface area contributed by atoms with Gasteiger partial charge in [0.15, 0.2) is 0 Å². The number of carbonyl (C=O) groups is 1. The van der Waals surface area contributed by atoms with Crippen molar-refractivity contribution in [2.45, 2.75) is 13.0 Å². The van der Waals surface area contributed by atoms with Gasteiger partial charge in [0.05, 0.1) is 17.4 Å². The summed E-state index contributed by atoms with van der Waals surface area (Å²) >= 11 is 0. The van der Waals surface area contributed by atoms with Gasteiger partial charge in [0, 0.05) is 18.5 Å². The van der Waals surface area contributed by atoms with Crippen LogP contribution in [0.25, 0.3) is 11.0 Å². The van der Waals surface area contributed by atoms with Crippen LogP contribution in [0.1, 0.15) is 17.5 Å². The Labute approximate surface area is 140 Å². The summed E-state index contributed by atoms with van der Waals surface area (Å²) in [6.45, 7) is 0.718. The molecular formula is C19H17N3O2. The Kier molecular flexibility index (Phi) is 5.10. The number of hydrogen-bond acceptors (Lipinski definition) is 3. The van der Waals surface area contributed by atoms with Crippen molar-refractivity contribution in [3.8, 4) is 11.8 Å². The molecule has 0 fully saturated rings. The minimum Gasteiger partial charge on any atom is -0.445 e. The molecule has 0 saturated carbocycles. The summed E-state index contributed by atoms with van der Waals surface area (Å²) in [7, 11) is 0. The standard InChI is InChI=1S/C19H17N3O2/c23-19(24-13-16-7-2-1-3-8-16)20-11-5-4-6-15-9-10-17-18(12-15)22-14-21-17/h1-3,7-10,12,14H,5,11,13H2,(H,20,23)(H,21,22). The van der Waals surface area contributed by atoms with Gasteiger partial charge in [-0.1, -0.05) is 42.2 Å². The van der Waals surface area contributed by atoms with Gasteiger partial charge in [-0.2, -0.15) is 0 Å². The highest BCUT2D eigenvalue weighted by atomic mass is 16.5. The number of imidazole rings is 1. The van der Waals surface area contributed by atoms with Crippen LogP contribution in [0.4, 0.5) is 4.79 Å². The summed E-state index contributed by atoms with van der Waals surface area (Å²) in [5.41, 5.74) is 3.76. The number of rotatable bonds is 4. The van der Waals surface area contributed by atoms with Crippen molar-refractivity contribution >= 4 is 17.1 Å². The predicted molar refractivity (Wildman–Crippen MR) is 92.2 cm³/mol. The Bertz CT molecular complexity index is 876. The number of carbonyl (C=O) groups excluding carboxylic acids is 1. The van der Waals surface area contributed by atoms with E-state index in [1.807, 2.05) is 48.5 Å². The number of fused-ring (bicyclic) bond motifs is 1. The van der Waals surface area contributed by atoms with Gasteiger partial charge in [-0.05, 0) is 23.8 Å². The van der Waals surface area contributed by atoms with E-state index in [0.717, 1.165) is 22.2 Å². The fraction of sp³-hybridized carbons (Fsp3) is 0.158. The highest BCUT2D eigenvalue weighted by molar-refractivity contribution is 5.76. The number of nitrogens with one attached hydrogen (secondary N) is 2. The van der Waals surface area contributed by atoms with Crippen LogP contribution in [0, 0.1) is 11.8 Å². The summed E-state index contributed by atoms with van der Waals surface area (Å²) < 4.78 is 5.12. The maximum atomic E-state index is 11.6. The Balaban J connectivity index is 1.39. The molecule has 2 aromatic carbocycles. The van der Waals surface area contributed by atoms with Crippen molar-refractivity contribution in [3.63, 3.8) is 0 Å². The van der Waals surface area contributed by atoms with E-state index in [4.69, 9.17) is 4.74 Å². The molecule has 0 bridgehead atoms. The smallest absolute Gasteiger partial charge is 0.407 e. The monoisotopic (exact) mass is 319 g/mol. The number of hydrogen-bond donors (Lipinski definition) is 2. The number of aromatic amines is 1. The molecule has 0 aliphatic heterocycles. The van der Waals surface area contributed by atoms with Crippen LogP contribution in [-0.4, -0.2) is 22.6 Å². The molecule has 5 nitrogen and oxygen atoms in total. The average Bonchev–Trinajstić information content (AvgIpc) is 3.08. The van der Waals surface area contributed by atoms with Crippen molar-refractivity contribution in [3.05, 3.63) is 66.0 Å². The molecule has 1 amide bonds. The molecule has 0 spiro atoms. The van der Waals surface area contributed by atoms with Gasteiger partial charge in [0.2, 0.25) is 0 Å². The minimum absolute atomic E-state index is 0.266. The molecular weight excluding hydrogens is 302 g/mol. The fourth-order valence-electron chi connectivity index (χ4n) is 2.18. The van der Waals surface area contributed by atoms with Gasteiger partial charge >= 0.3 is 6.09 Å². The lowest BCUT2D eigenvalue weighted by atomic mass is 10.2. The van der Waals surface area contributed by atoms with Crippen LogP contribution in [0.2, 0.25) is 0 Å². The summed E-state index contributed by atoms with van der Waals surface area (Å²) in [4.78, 5) is 18.8. The van der Waals surface area contributed by atoms with Crippen LogP contribution in [0.5, 0.6) is 0 Å². The van der Waals surface area contributed by atoms with Gasteiger partial charge < -0.3 is 15.0 Å². The van der Waals surface area contributed by atoms with Gasteiger partial charge in [0.25, 0.3) is 0 Å². The number of ether oxygens (including phenoxy) is 1. The average molecular weight is 319 g/mol. The third-order valence-electron chi connectivity index (χ3n) is 3.39. The number of nitrogens with zero attached hydrogens (tertiary/aromatic N) is 1. The topological polar surface area (TPSA) is 67.0 Å². The molecule has 3 aromatic rings. The van der Waals surface area contributed by atoms with Crippen molar-refractivity contribution in [1.82, 2.24) is 15.3 Å². The Morgan fingerprint density at radius 1 is 1.21 bits per heavy atom. The molecule has 3 rings (SSSR count). The Morgan fingerprint density at radius 2 is 2.08 bits per heavy atom. The van der Waals surface area contributed by atoms with Gasteiger partial charge in [-0.3, -0.25) is 0 Å². The third-order valence-corrected chi connectivity index (χ3v) is 3.39. The summed E-state index contributed by atoms with van der Waals surface area (Å²) in [5, 5.41) is 2.68. The Hall–Kier alpha value is -3.26. The number of alkyl carbamates (subject to hydrolysis) is 1. The highest BCUT2D eigenvalue weighted by Crippen LogP contribution is 2.10. The van der Waals surface area contributed by atoms with E-state index in [9.17, 15) is 4.79 Å². The van der Waals surface area contributed by atoms with Gasteiger partial charge in [0.1, 0.15) is 6.61 Å². The lowest BCUT2D eigenvalue weighted by Gasteiger charge is -2.05. The zero-order valence-electron chi connectivity index (χ0n) is 13.1. The summed E-state index contributed by atoms with van der Waals surface area (Å²) in [5.74, 6) is 6.10. The molecule has 1 heterocycles. The first kappa shape index (κ1) is 15.6. The second-order valence-corrected chi connectivity index (χ2v) is 5.17. The lowest BCUT2D eigenvalue weighted by molar-refractivity contribution is 0.140. The molecule has 0 aliphatic rings. The maximum Gasteiger partial charge on any atom is 0.407 e. The first-order valence-corrected chi connectivity index (χ1v) is 7.68. The fourth-order valence-corrected chi connectivity index (χ4v) is 2.18. The molecule has 0 saturated heterocycles. The Morgan fingerprint density at radius 3 is 2.96 bits per heavy atom. The molecule has 2 N–H and O–H groups in total. The molecule has 0 aliphatic carbocycles. The van der Waals surface area contributed by atoms with Crippen LogP contribution in [-0.2, 0) is 11.3 Å². The van der Waals surface area contributed by atoms with E-state index in [1.165, 1.54) is 0 Å². The van der Waals surface area contributed by atoms with Crippen LogP contribution in [0.3, 0.4) is 0 Å². The first-order valence-electron chi connectivity index (χ1n) is 7.68. The zero-order valence-corrected chi connectivity index (χ0v) is 13.1. The zero-order chi connectivity index (χ0) is 16.6. The quantitative estimate of drug-likeness (QED) is 0.573. The van der Waals surface area contributed by atoms with Crippen molar-refractivity contribution in [2.24, 2.45) is 0 Å². The third kappa shape index (κ3) is 4.37. The van der Waals surface area contributed by atoms with Crippen LogP contribution < -0.4 is 5.32 Å². The van der Waals surface area contributed by atoms with E-state index < -0.39 is 6.09 Å². The van der Waals surface area contributed by atoms with Crippen LogP contribution in [0.15, 0.2) is 54.9 Å². The summed E-state index contributed by atoms with van der Waals surface area (Å²) in [6, 6.07) is 15.4. The van der Waals surface area contributed by atoms with Crippen molar-refractivity contribution in [2.75, 3.05) is 6.54 Å². The van der Waals surface area contributed by atoms with Gasteiger partial charge in [-0.15, -0.1) is 0 Å². The van der Waals surface area contributed by atoms with Gasteiger partial charge in [-0.25, -0.2) is 9.78 Å². The molecule has 24 heavy (non-hydrogen) atoms. The molecule has 0 radical (unpaired) electrons. The molecule has 0 unspecified atom stereocenters. The maximum absolute atomic E-state index is 11.6. The van der Waals surface area contributed by atoms with Crippen LogP contribution >= 0.6 is 0 Å². The SMILES string of the molecule is O=C(NCCC#Cc1ccc2nc[nH]c2c1)OCc1ccccc1. The molecule has 120 valence electrons. The highest BCUT2D eigenvalue weighted by Gasteiger charge is 2.00. The van der Waals surface area contributed by atoms with E-state index in [2.05, 4.69) is 27.1 Å². The van der Waals surface area contributed by atoms with Crippen molar-refractivity contribution in [1.29, 1.82) is 0 Å². The van der Waals surface area contributed by atoms with Crippen molar-refractivity contribution < 1.29 is 9.53 Å². The van der Waals surface area contributed by atoms with E-state index in [1.54, 1.807) is 6.33 Å². The second kappa shape index (κ2) is 7.84. The number of aromatic nitrogens is 2. The first-order chi connectivity index (χ1) is 11.8. The molecule has 5 heteroatoms. The number of amides is 1. The number of benzene rings is 2. The van der Waals surface area contributed by atoms with E-state index >= 15 is 0 Å². The second-order valence-electron chi connectivity index (χ2n) is 5.17. The lowest BCUT2D eigenvalue weighted by Crippen LogP contribution is -2.24. The largest absolute Gasteiger partial charge is 0.445 e. The summed E-state index contributed by atoms with van der Waals surface area (Å²) in [6.07, 6.45) is 1.79. The molecule has 1 aromatic heterocycles. The van der Waals surface area contributed by atoms with E-state index in [-0.39, 0.29) is 6.61 Å². The normalized spacial score (nSPS) is 10.0. The predicted octanol–water partition coefficient (Wildman–Crippen LogP) is 3.23. The minimum atomic E-state index is -0.431. The number of H-pyrrole nitrogens is 1.